The number of nitrogens with zero attached hydrogens (tertiary/aromatic N) is 1. The number of esters is 1. The Labute approximate surface area is 175 Å². The van der Waals surface area contributed by atoms with Crippen LogP contribution in [-0.2, 0) is 16.0 Å². The molecule has 0 bridgehead atoms. The highest BCUT2D eigenvalue weighted by Gasteiger charge is 2.69. The van der Waals surface area contributed by atoms with Gasteiger partial charge in [0.15, 0.2) is 0 Å². The minimum absolute atomic E-state index is 0.00619. The van der Waals surface area contributed by atoms with Crippen molar-refractivity contribution in [2.75, 3.05) is 7.11 Å². The third kappa shape index (κ3) is 4.06. The molecule has 6 heteroatoms. The second-order valence-corrected chi connectivity index (χ2v) is 8.95. The van der Waals surface area contributed by atoms with Crippen molar-refractivity contribution in [1.29, 1.82) is 0 Å². The number of ether oxygens (including phenoxy) is 1. The van der Waals surface area contributed by atoms with E-state index >= 15 is 0 Å². The number of hydrogen-bond donors (Lipinski definition) is 0. The first-order valence-corrected chi connectivity index (χ1v) is 9.77. The molecule has 0 N–H and O–H groups in total. The largest absolute Gasteiger partial charge is 0.468 e. The first kappa shape index (κ1) is 21.1. The van der Waals surface area contributed by atoms with Crippen molar-refractivity contribution in [2.45, 2.75) is 27.2 Å². The predicted molar refractivity (Wildman–Crippen MR) is 114 cm³/mol. The summed E-state index contributed by atoms with van der Waals surface area (Å²) in [5, 5.41) is 11.6. The van der Waals surface area contributed by atoms with Gasteiger partial charge in [-0.3, -0.25) is 14.9 Å². The van der Waals surface area contributed by atoms with Crippen molar-refractivity contribution in [3.8, 4) is 0 Å². The van der Waals surface area contributed by atoms with E-state index in [-0.39, 0.29) is 23.0 Å². The number of halogens is 1. The van der Waals surface area contributed by atoms with Crippen molar-refractivity contribution in [3.63, 3.8) is 0 Å². The molecule has 5 nitrogen and oxygen atoms in total. The minimum Gasteiger partial charge on any atom is -0.468 e. The predicted octanol–water partition coefficient (Wildman–Crippen LogP) is 5.71. The van der Waals surface area contributed by atoms with Crippen LogP contribution >= 0.6 is 11.6 Å². The Morgan fingerprint density at radius 2 is 1.76 bits per heavy atom. The Morgan fingerprint density at radius 3 is 2.24 bits per heavy atom. The standard InChI is InChI=1S/C23H24ClNO4/c1-22(2,3)20-19(13-15-5-9-17(24)10-6-15)23(20,21(26)29-4)14-16-7-11-18(12-8-16)25(27)28/h5-13,20H,14H2,1-4H3/b19-13-/t20-,23-/m0/s1. The Balaban J connectivity index is 2.04. The van der Waals surface area contributed by atoms with E-state index in [0.29, 0.717) is 11.4 Å². The summed E-state index contributed by atoms with van der Waals surface area (Å²) < 4.78 is 5.22. The fourth-order valence-corrected chi connectivity index (χ4v) is 4.43. The second-order valence-electron chi connectivity index (χ2n) is 8.51. The fourth-order valence-electron chi connectivity index (χ4n) is 4.31. The van der Waals surface area contributed by atoms with Gasteiger partial charge in [-0.25, -0.2) is 0 Å². The zero-order valence-electron chi connectivity index (χ0n) is 16.9. The van der Waals surface area contributed by atoms with E-state index in [0.717, 1.165) is 16.7 Å². The summed E-state index contributed by atoms with van der Waals surface area (Å²) >= 11 is 5.99. The highest BCUT2D eigenvalue weighted by atomic mass is 35.5. The number of carbonyl (C=O) groups is 1. The van der Waals surface area contributed by atoms with Gasteiger partial charge in [0, 0.05) is 23.1 Å². The molecule has 1 aliphatic carbocycles. The van der Waals surface area contributed by atoms with Gasteiger partial charge in [-0.05, 0) is 40.7 Å². The van der Waals surface area contributed by atoms with E-state index < -0.39 is 10.3 Å². The van der Waals surface area contributed by atoms with Crippen LogP contribution in [-0.4, -0.2) is 18.0 Å². The molecule has 1 saturated carbocycles. The molecule has 0 saturated heterocycles. The Kier molecular flexibility index (Phi) is 5.54. The van der Waals surface area contributed by atoms with Gasteiger partial charge in [0.2, 0.25) is 0 Å². The highest BCUT2D eigenvalue weighted by Crippen LogP contribution is 2.68. The van der Waals surface area contributed by atoms with E-state index in [1.165, 1.54) is 19.2 Å². The monoisotopic (exact) mass is 413 g/mol. The van der Waals surface area contributed by atoms with Crippen LogP contribution in [0.3, 0.4) is 0 Å². The SMILES string of the molecule is COC(=O)[C@@]1(Cc2ccc([N+](=O)[O-])cc2)/C(=C\c2ccc(Cl)cc2)[C@H]1C(C)(C)C. The molecule has 0 amide bonds. The van der Waals surface area contributed by atoms with Gasteiger partial charge in [-0.15, -0.1) is 0 Å². The van der Waals surface area contributed by atoms with Gasteiger partial charge >= 0.3 is 5.97 Å². The van der Waals surface area contributed by atoms with Gasteiger partial charge < -0.3 is 4.74 Å². The Morgan fingerprint density at radius 1 is 1.17 bits per heavy atom. The van der Waals surface area contributed by atoms with Crippen LogP contribution in [0.2, 0.25) is 5.02 Å². The molecular formula is C23H24ClNO4. The van der Waals surface area contributed by atoms with Crippen molar-refractivity contribution < 1.29 is 14.5 Å². The summed E-state index contributed by atoms with van der Waals surface area (Å²) in [7, 11) is 1.40. The lowest BCUT2D eigenvalue weighted by atomic mass is 9.82. The number of nitro benzene ring substituents is 1. The summed E-state index contributed by atoms with van der Waals surface area (Å²) in [5.74, 6) is -0.288. The molecule has 1 aliphatic rings. The third-order valence-electron chi connectivity index (χ3n) is 5.47. The first-order chi connectivity index (χ1) is 13.6. The van der Waals surface area contributed by atoms with Crippen molar-refractivity contribution in [2.24, 2.45) is 16.7 Å². The van der Waals surface area contributed by atoms with Gasteiger partial charge in [0.1, 0.15) is 5.41 Å². The van der Waals surface area contributed by atoms with E-state index in [1.54, 1.807) is 12.1 Å². The number of rotatable bonds is 5. The molecule has 0 radical (unpaired) electrons. The van der Waals surface area contributed by atoms with Crippen molar-refractivity contribution in [1.82, 2.24) is 0 Å². The smallest absolute Gasteiger partial charge is 0.316 e. The van der Waals surface area contributed by atoms with Crippen LogP contribution < -0.4 is 0 Å². The van der Waals surface area contributed by atoms with E-state index in [1.807, 2.05) is 30.3 Å². The highest BCUT2D eigenvalue weighted by molar-refractivity contribution is 6.30. The van der Waals surface area contributed by atoms with E-state index in [4.69, 9.17) is 16.3 Å². The molecule has 0 unspecified atom stereocenters. The number of carbonyl (C=O) groups excluding carboxylic acids is 1. The second kappa shape index (κ2) is 7.64. The number of non-ortho nitro benzene ring substituents is 1. The summed E-state index contributed by atoms with van der Waals surface area (Å²) in [6.45, 7) is 6.32. The molecule has 1 fully saturated rings. The van der Waals surface area contributed by atoms with Crippen LogP contribution in [0.1, 0.15) is 31.9 Å². The summed E-state index contributed by atoms with van der Waals surface area (Å²) in [6.07, 6.45) is 2.47. The quantitative estimate of drug-likeness (QED) is 0.357. The molecule has 3 rings (SSSR count). The molecule has 2 atom stereocenters. The Bertz CT molecular complexity index is 958. The third-order valence-corrected chi connectivity index (χ3v) is 5.73. The number of hydrogen-bond acceptors (Lipinski definition) is 4. The van der Waals surface area contributed by atoms with Gasteiger partial charge in [-0.1, -0.05) is 62.7 Å². The van der Waals surface area contributed by atoms with Crippen molar-refractivity contribution in [3.05, 3.63) is 80.4 Å². The first-order valence-electron chi connectivity index (χ1n) is 9.39. The summed E-state index contributed by atoms with van der Waals surface area (Å²) in [6, 6.07) is 13.8. The van der Waals surface area contributed by atoms with Crippen LogP contribution in [0.15, 0.2) is 54.1 Å². The number of methoxy groups -OCH3 is 1. The van der Waals surface area contributed by atoms with Gasteiger partial charge in [0.25, 0.3) is 5.69 Å². The Hall–Kier alpha value is -2.66. The zero-order valence-corrected chi connectivity index (χ0v) is 17.7. The average Bonchev–Trinajstić information content (AvgIpc) is 3.31. The topological polar surface area (TPSA) is 69.4 Å². The zero-order chi connectivity index (χ0) is 21.4. The average molecular weight is 414 g/mol. The molecule has 0 heterocycles. The van der Waals surface area contributed by atoms with E-state index in [2.05, 4.69) is 20.8 Å². The molecule has 0 aromatic heterocycles. The van der Waals surface area contributed by atoms with Crippen LogP contribution in [0.25, 0.3) is 6.08 Å². The molecule has 0 aliphatic heterocycles. The van der Waals surface area contributed by atoms with Gasteiger partial charge in [-0.2, -0.15) is 0 Å². The van der Waals surface area contributed by atoms with Crippen LogP contribution in [0.5, 0.6) is 0 Å². The summed E-state index contributed by atoms with van der Waals surface area (Å²) in [4.78, 5) is 23.5. The normalized spacial score (nSPS) is 22.4. The fraction of sp³-hybridized carbons (Fsp3) is 0.348. The van der Waals surface area contributed by atoms with Crippen LogP contribution in [0, 0.1) is 26.9 Å². The maximum Gasteiger partial charge on any atom is 0.316 e. The maximum absolute atomic E-state index is 13.0. The molecule has 29 heavy (non-hydrogen) atoms. The summed E-state index contributed by atoms with van der Waals surface area (Å²) in [5.41, 5.74) is 1.91. The minimum atomic E-state index is -0.789. The lowest BCUT2D eigenvalue weighted by Gasteiger charge is -2.22. The molecule has 2 aromatic carbocycles. The molecular weight excluding hydrogens is 390 g/mol. The van der Waals surface area contributed by atoms with Gasteiger partial charge in [0.05, 0.1) is 12.0 Å². The number of nitro groups is 1. The molecule has 152 valence electrons. The van der Waals surface area contributed by atoms with E-state index in [9.17, 15) is 14.9 Å². The molecule has 2 aromatic rings. The lowest BCUT2D eigenvalue weighted by molar-refractivity contribution is -0.384. The maximum atomic E-state index is 13.0. The lowest BCUT2D eigenvalue weighted by Crippen LogP contribution is -2.27. The number of benzene rings is 2. The molecule has 0 spiro atoms. The van der Waals surface area contributed by atoms with Crippen molar-refractivity contribution >= 4 is 29.3 Å². The van der Waals surface area contributed by atoms with Crippen LogP contribution in [0.4, 0.5) is 5.69 Å².